The van der Waals surface area contributed by atoms with E-state index in [1.165, 1.54) is 18.4 Å². The quantitative estimate of drug-likeness (QED) is 0.631. The second-order valence-corrected chi connectivity index (χ2v) is 4.58. The summed E-state index contributed by atoms with van der Waals surface area (Å²) >= 11 is 0. The number of aryl methyl sites for hydroxylation is 1. The second-order valence-electron chi connectivity index (χ2n) is 4.58. The molecule has 1 amide bonds. The monoisotopic (exact) mass is 243 g/mol. The first-order valence-corrected chi connectivity index (χ1v) is 6.31. The molecule has 1 fully saturated rings. The standard InChI is InChI=1S/C15H17NO2/c17-15(18)16-10-2-5-13-3-1-4-14(11-13)9-8-12-6-7-12/h1,3-4,11-12,16H,2,5-7,10H2,(H,17,18). The van der Waals surface area contributed by atoms with E-state index in [0.717, 1.165) is 18.4 Å². The van der Waals surface area contributed by atoms with Gasteiger partial charge in [0.05, 0.1) is 0 Å². The zero-order valence-electron chi connectivity index (χ0n) is 10.3. The lowest BCUT2D eigenvalue weighted by Crippen LogP contribution is -2.22. The van der Waals surface area contributed by atoms with Gasteiger partial charge in [-0.1, -0.05) is 24.0 Å². The molecule has 18 heavy (non-hydrogen) atoms. The normalized spacial score (nSPS) is 13.6. The molecule has 3 heteroatoms. The van der Waals surface area contributed by atoms with Crippen molar-refractivity contribution in [2.75, 3.05) is 6.54 Å². The van der Waals surface area contributed by atoms with Crippen LogP contribution in [0.5, 0.6) is 0 Å². The zero-order valence-corrected chi connectivity index (χ0v) is 10.3. The summed E-state index contributed by atoms with van der Waals surface area (Å²) in [5.74, 6) is 7.06. The number of carboxylic acid groups (broad SMARTS) is 1. The number of carbonyl (C=O) groups is 1. The molecule has 94 valence electrons. The molecule has 0 atom stereocenters. The molecule has 2 N–H and O–H groups in total. The Morgan fingerprint density at radius 2 is 2.28 bits per heavy atom. The van der Waals surface area contributed by atoms with Gasteiger partial charge in [0.2, 0.25) is 0 Å². The Labute approximate surface area is 107 Å². The van der Waals surface area contributed by atoms with Crippen LogP contribution in [0.3, 0.4) is 0 Å². The average molecular weight is 243 g/mol. The summed E-state index contributed by atoms with van der Waals surface area (Å²) in [6, 6.07) is 8.18. The number of benzene rings is 1. The number of hydrogen-bond donors (Lipinski definition) is 2. The van der Waals surface area contributed by atoms with Gasteiger partial charge in [0.25, 0.3) is 0 Å². The van der Waals surface area contributed by atoms with Crippen molar-refractivity contribution in [3.63, 3.8) is 0 Å². The highest BCUT2D eigenvalue weighted by Gasteiger charge is 2.17. The molecule has 3 nitrogen and oxygen atoms in total. The van der Waals surface area contributed by atoms with Crippen molar-refractivity contribution in [1.29, 1.82) is 0 Å². The van der Waals surface area contributed by atoms with Crippen LogP contribution in [0.4, 0.5) is 4.79 Å². The van der Waals surface area contributed by atoms with E-state index in [1.54, 1.807) is 0 Å². The minimum absolute atomic E-state index is 0.493. The summed E-state index contributed by atoms with van der Waals surface area (Å²) in [5, 5.41) is 10.8. The van der Waals surface area contributed by atoms with Gasteiger partial charge in [-0.25, -0.2) is 4.79 Å². The number of rotatable bonds is 4. The van der Waals surface area contributed by atoms with Crippen molar-refractivity contribution >= 4 is 6.09 Å². The van der Waals surface area contributed by atoms with Crippen LogP contribution in [0.1, 0.15) is 30.4 Å². The Balaban J connectivity index is 1.83. The molecule has 0 bridgehead atoms. The fourth-order valence-corrected chi connectivity index (χ4v) is 1.71. The summed E-state index contributed by atoms with van der Waals surface area (Å²) in [4.78, 5) is 10.3. The van der Waals surface area contributed by atoms with E-state index in [1.807, 2.05) is 12.1 Å². The molecule has 0 heterocycles. The first-order chi connectivity index (χ1) is 8.74. The summed E-state index contributed by atoms with van der Waals surface area (Å²) < 4.78 is 0. The van der Waals surface area contributed by atoms with E-state index in [2.05, 4.69) is 29.3 Å². The Bertz CT molecular complexity index is 481. The molecule has 1 aromatic rings. The van der Waals surface area contributed by atoms with E-state index >= 15 is 0 Å². The summed E-state index contributed by atoms with van der Waals surface area (Å²) in [6.07, 6.45) is 3.21. The molecule has 0 unspecified atom stereocenters. The van der Waals surface area contributed by atoms with Crippen LogP contribution in [0.2, 0.25) is 0 Å². The van der Waals surface area contributed by atoms with Crippen LogP contribution in [-0.4, -0.2) is 17.7 Å². The lowest BCUT2D eigenvalue weighted by Gasteiger charge is -2.02. The van der Waals surface area contributed by atoms with Crippen LogP contribution in [0, 0.1) is 17.8 Å². The van der Waals surface area contributed by atoms with Crippen molar-refractivity contribution in [1.82, 2.24) is 5.32 Å². The maximum absolute atomic E-state index is 10.3. The third kappa shape index (κ3) is 4.50. The van der Waals surface area contributed by atoms with Crippen LogP contribution in [-0.2, 0) is 6.42 Å². The SMILES string of the molecule is O=C(O)NCCCc1cccc(C#CC2CC2)c1. The third-order valence-corrected chi connectivity index (χ3v) is 2.84. The van der Waals surface area contributed by atoms with Gasteiger partial charge in [0, 0.05) is 18.0 Å². The van der Waals surface area contributed by atoms with Crippen LogP contribution >= 0.6 is 0 Å². The zero-order chi connectivity index (χ0) is 12.8. The summed E-state index contributed by atoms with van der Waals surface area (Å²) in [7, 11) is 0. The molecule has 1 aromatic carbocycles. The lowest BCUT2D eigenvalue weighted by molar-refractivity contribution is 0.194. The Hall–Kier alpha value is -1.95. The number of hydrogen-bond acceptors (Lipinski definition) is 1. The average Bonchev–Trinajstić information content (AvgIpc) is 3.17. The van der Waals surface area contributed by atoms with Gasteiger partial charge >= 0.3 is 6.09 Å². The Morgan fingerprint density at radius 3 is 3.00 bits per heavy atom. The van der Waals surface area contributed by atoms with Crippen molar-refractivity contribution in [2.24, 2.45) is 5.92 Å². The van der Waals surface area contributed by atoms with E-state index in [0.29, 0.717) is 12.5 Å². The lowest BCUT2D eigenvalue weighted by atomic mass is 10.1. The van der Waals surface area contributed by atoms with Crippen LogP contribution in [0.25, 0.3) is 0 Å². The van der Waals surface area contributed by atoms with Gasteiger partial charge in [-0.05, 0) is 43.4 Å². The van der Waals surface area contributed by atoms with Crippen molar-refractivity contribution in [3.8, 4) is 11.8 Å². The largest absolute Gasteiger partial charge is 0.465 e. The van der Waals surface area contributed by atoms with Crippen molar-refractivity contribution < 1.29 is 9.90 Å². The second kappa shape index (κ2) is 6.11. The van der Waals surface area contributed by atoms with Crippen molar-refractivity contribution in [2.45, 2.75) is 25.7 Å². The number of amides is 1. The highest BCUT2D eigenvalue weighted by molar-refractivity contribution is 5.64. The Kier molecular flexibility index (Phi) is 4.25. The van der Waals surface area contributed by atoms with Gasteiger partial charge < -0.3 is 10.4 Å². The molecule has 0 aliphatic heterocycles. The third-order valence-electron chi connectivity index (χ3n) is 2.84. The van der Waals surface area contributed by atoms with E-state index in [-0.39, 0.29) is 0 Å². The van der Waals surface area contributed by atoms with Crippen LogP contribution in [0.15, 0.2) is 24.3 Å². The minimum Gasteiger partial charge on any atom is -0.465 e. The van der Waals surface area contributed by atoms with Gasteiger partial charge in [-0.2, -0.15) is 0 Å². The first-order valence-electron chi connectivity index (χ1n) is 6.31. The first kappa shape index (κ1) is 12.5. The fourth-order valence-electron chi connectivity index (χ4n) is 1.71. The van der Waals surface area contributed by atoms with Gasteiger partial charge in [0.1, 0.15) is 0 Å². The predicted octanol–water partition coefficient (Wildman–Crippen LogP) is 2.65. The maximum atomic E-state index is 10.3. The molecule has 1 aliphatic rings. The summed E-state index contributed by atoms with van der Waals surface area (Å²) in [6.45, 7) is 0.493. The van der Waals surface area contributed by atoms with E-state index in [4.69, 9.17) is 5.11 Å². The molecule has 0 aromatic heterocycles. The number of nitrogens with one attached hydrogen (secondary N) is 1. The maximum Gasteiger partial charge on any atom is 0.404 e. The smallest absolute Gasteiger partial charge is 0.404 e. The Morgan fingerprint density at radius 1 is 1.44 bits per heavy atom. The van der Waals surface area contributed by atoms with Crippen LogP contribution < -0.4 is 5.32 Å². The molecule has 1 saturated carbocycles. The van der Waals surface area contributed by atoms with Gasteiger partial charge in [-0.3, -0.25) is 0 Å². The molecule has 0 saturated heterocycles. The van der Waals surface area contributed by atoms with Gasteiger partial charge in [-0.15, -0.1) is 0 Å². The van der Waals surface area contributed by atoms with E-state index in [9.17, 15) is 4.79 Å². The molecule has 0 spiro atoms. The van der Waals surface area contributed by atoms with Crippen molar-refractivity contribution in [3.05, 3.63) is 35.4 Å². The molecule has 2 rings (SSSR count). The highest BCUT2D eigenvalue weighted by atomic mass is 16.4. The molecular weight excluding hydrogens is 226 g/mol. The highest BCUT2D eigenvalue weighted by Crippen LogP contribution is 2.27. The summed E-state index contributed by atoms with van der Waals surface area (Å²) in [5.41, 5.74) is 2.27. The van der Waals surface area contributed by atoms with E-state index < -0.39 is 6.09 Å². The molecule has 1 aliphatic carbocycles. The fraction of sp³-hybridized carbons (Fsp3) is 0.400. The molecule has 0 radical (unpaired) electrons. The topological polar surface area (TPSA) is 49.3 Å². The van der Waals surface area contributed by atoms with Gasteiger partial charge in [0.15, 0.2) is 0 Å². The molecular formula is C15H17NO2. The predicted molar refractivity (Wildman–Crippen MR) is 70.4 cm³/mol. The minimum atomic E-state index is -0.959.